The van der Waals surface area contributed by atoms with E-state index in [1.807, 2.05) is 20.8 Å². The zero-order valence-electron chi connectivity index (χ0n) is 12.4. The monoisotopic (exact) mass is 393 g/mol. The van der Waals surface area contributed by atoms with Crippen molar-refractivity contribution >= 4 is 33.6 Å². The van der Waals surface area contributed by atoms with Crippen LogP contribution in [0.15, 0.2) is 24.3 Å². The van der Waals surface area contributed by atoms with Gasteiger partial charge in [-0.25, -0.2) is 8.93 Å². The Labute approximate surface area is 133 Å². The van der Waals surface area contributed by atoms with Crippen molar-refractivity contribution < 1.29 is 4.21 Å². The summed E-state index contributed by atoms with van der Waals surface area (Å²) in [6.07, 6.45) is 0.989. The fourth-order valence-electron chi connectivity index (χ4n) is 1.72. The van der Waals surface area contributed by atoms with Gasteiger partial charge in [0.1, 0.15) is 0 Å². The van der Waals surface area contributed by atoms with E-state index in [4.69, 9.17) is 0 Å². The molecule has 0 fully saturated rings. The minimum absolute atomic E-state index is 0.150. The number of hydrogen-bond donors (Lipinski definition) is 1. The molecule has 0 aliphatic carbocycles. The lowest BCUT2D eigenvalue weighted by molar-refractivity contribution is 0.480. The van der Waals surface area contributed by atoms with Gasteiger partial charge >= 0.3 is 0 Å². The molecule has 0 heterocycles. The van der Waals surface area contributed by atoms with Crippen LogP contribution in [0.2, 0.25) is 0 Å². The number of nitrogens with one attached hydrogen (secondary N) is 1. The van der Waals surface area contributed by atoms with Crippen LogP contribution in [0.4, 0.5) is 0 Å². The first kappa shape index (κ1) is 17.1. The van der Waals surface area contributed by atoms with E-state index in [1.165, 1.54) is 9.13 Å². The van der Waals surface area contributed by atoms with E-state index < -0.39 is 11.0 Å². The number of benzene rings is 1. The van der Waals surface area contributed by atoms with Gasteiger partial charge in [-0.15, -0.1) is 0 Å². The van der Waals surface area contributed by atoms with Gasteiger partial charge in [0.05, 0.1) is 15.7 Å². The zero-order chi connectivity index (χ0) is 14.6. The Balaban J connectivity index is 2.89. The van der Waals surface area contributed by atoms with Gasteiger partial charge in [0.2, 0.25) is 0 Å². The molecule has 0 unspecified atom stereocenters. The lowest BCUT2D eigenvalue weighted by Crippen LogP contribution is -2.36. The predicted octanol–water partition coefficient (Wildman–Crippen LogP) is 4.43. The van der Waals surface area contributed by atoms with Crippen molar-refractivity contribution in [2.24, 2.45) is 5.92 Å². The van der Waals surface area contributed by atoms with Crippen LogP contribution in [-0.4, -0.2) is 8.96 Å². The fourth-order valence-corrected chi connectivity index (χ4v) is 2.93. The third kappa shape index (κ3) is 5.92. The summed E-state index contributed by atoms with van der Waals surface area (Å²) in [5, 5.41) is 0. The molecule has 0 radical (unpaired) electrons. The Bertz CT molecular complexity index is 423. The van der Waals surface area contributed by atoms with Crippen LogP contribution in [0.25, 0.3) is 0 Å². The standard InChI is InChI=1S/C15H24INOS/c1-11(2)10-14(17-19(18)15(3,4)5)12-6-8-13(16)9-7-12/h6-9,11,14,17H,10H2,1-5H3/t14-,19+/m0/s1. The van der Waals surface area contributed by atoms with Crippen LogP contribution in [0.3, 0.4) is 0 Å². The third-order valence-corrected chi connectivity index (χ3v) is 5.12. The van der Waals surface area contributed by atoms with Crippen molar-refractivity contribution in [2.75, 3.05) is 0 Å². The van der Waals surface area contributed by atoms with Crippen molar-refractivity contribution in [2.45, 2.75) is 51.8 Å². The maximum Gasteiger partial charge on any atom is 0.0975 e. The van der Waals surface area contributed by atoms with Gasteiger partial charge < -0.3 is 0 Å². The highest BCUT2D eigenvalue weighted by molar-refractivity contribution is 14.1. The topological polar surface area (TPSA) is 29.1 Å². The van der Waals surface area contributed by atoms with E-state index in [0.29, 0.717) is 5.92 Å². The maximum absolute atomic E-state index is 12.3. The molecule has 1 N–H and O–H groups in total. The molecule has 1 aromatic carbocycles. The largest absolute Gasteiger partial charge is 0.242 e. The van der Waals surface area contributed by atoms with Crippen molar-refractivity contribution in [1.29, 1.82) is 0 Å². The molecule has 0 saturated heterocycles. The Morgan fingerprint density at radius 2 is 1.74 bits per heavy atom. The van der Waals surface area contributed by atoms with E-state index in [-0.39, 0.29) is 10.8 Å². The summed E-state index contributed by atoms with van der Waals surface area (Å²) in [5.74, 6) is 0.564. The first-order valence-corrected chi connectivity index (χ1v) is 8.86. The van der Waals surface area contributed by atoms with Crippen LogP contribution in [0, 0.1) is 9.49 Å². The van der Waals surface area contributed by atoms with Crippen molar-refractivity contribution in [3.8, 4) is 0 Å². The summed E-state index contributed by atoms with van der Waals surface area (Å²) in [4.78, 5) is 0. The van der Waals surface area contributed by atoms with Crippen LogP contribution in [0.5, 0.6) is 0 Å². The number of rotatable bonds is 5. The van der Waals surface area contributed by atoms with Gasteiger partial charge in [0.25, 0.3) is 0 Å². The predicted molar refractivity (Wildman–Crippen MR) is 92.4 cm³/mol. The zero-order valence-corrected chi connectivity index (χ0v) is 15.3. The van der Waals surface area contributed by atoms with E-state index >= 15 is 0 Å². The molecule has 0 amide bonds. The van der Waals surface area contributed by atoms with Crippen LogP contribution in [-0.2, 0) is 11.0 Å². The molecule has 0 aliphatic heterocycles. The molecule has 1 rings (SSSR count). The normalized spacial score (nSPS) is 15.5. The molecule has 108 valence electrons. The number of hydrogen-bond acceptors (Lipinski definition) is 1. The Morgan fingerprint density at radius 1 is 1.21 bits per heavy atom. The second-order valence-electron chi connectivity index (χ2n) is 6.23. The maximum atomic E-state index is 12.3. The van der Waals surface area contributed by atoms with Crippen LogP contribution in [0.1, 0.15) is 52.6 Å². The van der Waals surface area contributed by atoms with Gasteiger partial charge in [-0.2, -0.15) is 0 Å². The fraction of sp³-hybridized carbons (Fsp3) is 0.600. The molecule has 0 bridgehead atoms. The SMILES string of the molecule is CC(C)C[C@H](N[S@](=O)C(C)(C)C)c1ccc(I)cc1. The molecule has 1 aromatic rings. The molecule has 0 aromatic heterocycles. The summed E-state index contributed by atoms with van der Waals surface area (Å²) >= 11 is 2.30. The van der Waals surface area contributed by atoms with E-state index in [9.17, 15) is 4.21 Å². The average Bonchev–Trinajstić information content (AvgIpc) is 2.27. The first-order chi connectivity index (χ1) is 8.70. The van der Waals surface area contributed by atoms with Gasteiger partial charge in [0, 0.05) is 9.61 Å². The molecule has 2 atom stereocenters. The summed E-state index contributed by atoms with van der Waals surface area (Å²) in [7, 11) is -1.04. The van der Waals surface area contributed by atoms with Gasteiger partial charge in [-0.3, -0.25) is 0 Å². The highest BCUT2D eigenvalue weighted by Crippen LogP contribution is 2.24. The summed E-state index contributed by atoms with van der Waals surface area (Å²) in [6.45, 7) is 10.4. The summed E-state index contributed by atoms with van der Waals surface area (Å²) < 4.78 is 16.6. The molecule has 2 nitrogen and oxygen atoms in total. The molecule has 19 heavy (non-hydrogen) atoms. The quantitative estimate of drug-likeness (QED) is 0.737. The highest BCUT2D eigenvalue weighted by Gasteiger charge is 2.24. The van der Waals surface area contributed by atoms with Crippen LogP contribution < -0.4 is 4.72 Å². The van der Waals surface area contributed by atoms with Crippen molar-refractivity contribution in [3.63, 3.8) is 0 Å². The molecular formula is C15H24INOS. The molecule has 0 spiro atoms. The summed E-state index contributed by atoms with van der Waals surface area (Å²) in [6, 6.07) is 8.61. The molecule has 0 aliphatic rings. The Kier molecular flexibility index (Phi) is 6.47. The average molecular weight is 393 g/mol. The summed E-state index contributed by atoms with van der Waals surface area (Å²) in [5.41, 5.74) is 1.21. The van der Waals surface area contributed by atoms with E-state index in [2.05, 4.69) is 65.4 Å². The van der Waals surface area contributed by atoms with Gasteiger partial charge in [0.15, 0.2) is 0 Å². The van der Waals surface area contributed by atoms with Crippen molar-refractivity contribution in [3.05, 3.63) is 33.4 Å². The third-order valence-electron chi connectivity index (χ3n) is 2.78. The van der Waals surface area contributed by atoms with Gasteiger partial charge in [-0.05, 0) is 73.4 Å². The Hall–Kier alpha value is 0.0600. The van der Waals surface area contributed by atoms with Gasteiger partial charge in [-0.1, -0.05) is 26.0 Å². The van der Waals surface area contributed by atoms with Crippen molar-refractivity contribution in [1.82, 2.24) is 4.72 Å². The highest BCUT2D eigenvalue weighted by atomic mass is 127. The lowest BCUT2D eigenvalue weighted by Gasteiger charge is -2.25. The van der Waals surface area contributed by atoms with Crippen LogP contribution >= 0.6 is 22.6 Å². The lowest BCUT2D eigenvalue weighted by atomic mass is 9.98. The molecule has 0 saturated carbocycles. The minimum Gasteiger partial charge on any atom is -0.242 e. The molecule has 4 heteroatoms. The Morgan fingerprint density at radius 3 is 2.16 bits per heavy atom. The van der Waals surface area contributed by atoms with E-state index in [0.717, 1.165) is 6.42 Å². The first-order valence-electron chi connectivity index (χ1n) is 6.63. The number of halogens is 1. The molecular weight excluding hydrogens is 369 g/mol. The second-order valence-corrected chi connectivity index (χ2v) is 9.48. The minimum atomic E-state index is -1.04. The smallest absolute Gasteiger partial charge is 0.0975 e. The van der Waals surface area contributed by atoms with E-state index in [1.54, 1.807) is 0 Å². The second kappa shape index (κ2) is 7.18.